The number of halogens is 3. The van der Waals surface area contributed by atoms with E-state index in [1.807, 2.05) is 6.92 Å². The van der Waals surface area contributed by atoms with Crippen molar-refractivity contribution in [2.45, 2.75) is 30.8 Å². The highest BCUT2D eigenvalue weighted by atomic mass is 32.2. The number of nitrogens with one attached hydrogen (secondary N) is 2. The third-order valence-electron chi connectivity index (χ3n) is 2.42. The first-order valence-corrected chi connectivity index (χ1v) is 9.44. The molecule has 0 saturated carbocycles. The normalized spacial score (nSPS) is 12.8. The van der Waals surface area contributed by atoms with Gasteiger partial charge in [0.15, 0.2) is 0 Å². The van der Waals surface area contributed by atoms with Crippen LogP contribution in [0.1, 0.15) is 16.7 Å². The summed E-state index contributed by atoms with van der Waals surface area (Å²) in [6.45, 7) is 4.70. The van der Waals surface area contributed by atoms with E-state index in [-0.39, 0.29) is 29.0 Å². The van der Waals surface area contributed by atoms with Gasteiger partial charge in [0.05, 0.1) is 4.90 Å². The second kappa shape index (κ2) is 7.82. The highest BCUT2D eigenvalue weighted by Gasteiger charge is 2.28. The van der Waals surface area contributed by atoms with Crippen LogP contribution >= 0.6 is 23.1 Å². The number of aryl methyl sites for hydroxylation is 1. The van der Waals surface area contributed by atoms with Gasteiger partial charge >= 0.3 is 5.51 Å². The van der Waals surface area contributed by atoms with Crippen molar-refractivity contribution in [1.82, 2.24) is 10.0 Å². The maximum absolute atomic E-state index is 12.0. The fraction of sp³-hybridized carbons (Fsp3) is 0.636. The molecular formula is C11H17F3N2O2S3. The summed E-state index contributed by atoms with van der Waals surface area (Å²) in [6, 6.07) is 1.56. The molecule has 0 aliphatic carbocycles. The van der Waals surface area contributed by atoms with Gasteiger partial charge < -0.3 is 5.32 Å². The smallest absolute Gasteiger partial charge is 0.312 e. The minimum absolute atomic E-state index is 0.136. The lowest BCUT2D eigenvalue weighted by Gasteiger charge is -2.07. The summed E-state index contributed by atoms with van der Waals surface area (Å²) >= 11 is 1.11. The van der Waals surface area contributed by atoms with Crippen molar-refractivity contribution in [3.05, 3.63) is 15.8 Å². The summed E-state index contributed by atoms with van der Waals surface area (Å²) in [7, 11) is -3.76. The molecule has 0 radical (unpaired) electrons. The van der Waals surface area contributed by atoms with Crippen LogP contribution in [0.15, 0.2) is 11.0 Å². The second-order valence-corrected chi connectivity index (χ2v) is 8.34. The topological polar surface area (TPSA) is 58.2 Å². The number of hydrogen-bond donors (Lipinski definition) is 2. The maximum Gasteiger partial charge on any atom is 0.441 e. The van der Waals surface area contributed by atoms with E-state index in [9.17, 15) is 21.6 Å². The van der Waals surface area contributed by atoms with Gasteiger partial charge in [-0.25, -0.2) is 13.1 Å². The lowest BCUT2D eigenvalue weighted by molar-refractivity contribution is -0.0327. The van der Waals surface area contributed by atoms with Gasteiger partial charge in [0.2, 0.25) is 10.0 Å². The van der Waals surface area contributed by atoms with Crippen molar-refractivity contribution in [2.75, 3.05) is 18.8 Å². The van der Waals surface area contributed by atoms with Crippen molar-refractivity contribution in [2.24, 2.45) is 0 Å². The minimum atomic E-state index is -4.34. The number of sulfonamides is 1. The average Bonchev–Trinajstić information content (AvgIpc) is 2.73. The van der Waals surface area contributed by atoms with E-state index in [2.05, 4.69) is 10.0 Å². The molecular weight excluding hydrogens is 345 g/mol. The van der Waals surface area contributed by atoms with Crippen LogP contribution < -0.4 is 10.0 Å². The predicted molar refractivity (Wildman–Crippen MR) is 80.1 cm³/mol. The van der Waals surface area contributed by atoms with E-state index in [4.69, 9.17) is 0 Å². The average molecular weight is 362 g/mol. The van der Waals surface area contributed by atoms with Crippen LogP contribution in [0.25, 0.3) is 0 Å². The maximum atomic E-state index is 12.0. The fourth-order valence-electron chi connectivity index (χ4n) is 1.55. The van der Waals surface area contributed by atoms with Crippen molar-refractivity contribution in [3.8, 4) is 0 Å². The van der Waals surface area contributed by atoms with Crippen LogP contribution in [0.4, 0.5) is 13.2 Å². The van der Waals surface area contributed by atoms with E-state index in [0.717, 1.165) is 11.4 Å². The zero-order valence-corrected chi connectivity index (χ0v) is 14.0. The van der Waals surface area contributed by atoms with Crippen molar-refractivity contribution < 1.29 is 21.6 Å². The van der Waals surface area contributed by atoms with Gasteiger partial charge in [-0.2, -0.15) is 13.2 Å². The molecule has 122 valence electrons. The number of hydrogen-bond acceptors (Lipinski definition) is 5. The van der Waals surface area contributed by atoms with Crippen LogP contribution in [0.3, 0.4) is 0 Å². The Labute approximate surface area is 130 Å². The molecule has 0 saturated heterocycles. The molecule has 2 N–H and O–H groups in total. The Morgan fingerprint density at radius 1 is 1.38 bits per heavy atom. The van der Waals surface area contributed by atoms with Crippen LogP contribution in [0, 0.1) is 6.92 Å². The zero-order valence-electron chi connectivity index (χ0n) is 11.6. The van der Waals surface area contributed by atoms with E-state index >= 15 is 0 Å². The third-order valence-corrected chi connectivity index (χ3v) is 5.92. The summed E-state index contributed by atoms with van der Waals surface area (Å²) in [6.07, 6.45) is 0. The Morgan fingerprint density at radius 2 is 2.05 bits per heavy atom. The lowest BCUT2D eigenvalue weighted by atomic mass is 10.4. The van der Waals surface area contributed by atoms with Gasteiger partial charge in [-0.1, -0.05) is 6.92 Å². The highest BCUT2D eigenvalue weighted by Crippen LogP contribution is 2.30. The molecule has 0 fully saturated rings. The quantitative estimate of drug-likeness (QED) is 0.698. The van der Waals surface area contributed by atoms with Gasteiger partial charge in [0.25, 0.3) is 0 Å². The monoisotopic (exact) mass is 362 g/mol. The number of alkyl halides is 3. The Hall–Kier alpha value is -0.290. The van der Waals surface area contributed by atoms with E-state index in [1.54, 1.807) is 13.0 Å². The SMILES string of the molecule is CCNCc1cc(S(=O)(=O)NCCSC(F)(F)F)c(C)s1. The summed E-state index contributed by atoms with van der Waals surface area (Å²) < 4.78 is 62.2. The van der Waals surface area contributed by atoms with Crippen LogP contribution in [-0.4, -0.2) is 32.8 Å². The second-order valence-electron chi connectivity index (χ2n) is 4.11. The largest absolute Gasteiger partial charge is 0.441 e. The first kappa shape index (κ1) is 18.8. The molecule has 0 aliphatic rings. The molecule has 1 heterocycles. The molecule has 0 unspecified atom stereocenters. The summed E-state index contributed by atoms with van der Waals surface area (Å²) in [5, 5.41) is 3.09. The van der Waals surface area contributed by atoms with E-state index < -0.39 is 15.5 Å². The fourth-order valence-corrected chi connectivity index (χ4v) is 4.75. The first-order valence-electron chi connectivity index (χ1n) is 6.16. The molecule has 0 amide bonds. The molecule has 1 aromatic heterocycles. The number of thiophene rings is 1. The van der Waals surface area contributed by atoms with Gasteiger partial charge in [0, 0.05) is 28.6 Å². The minimum Gasteiger partial charge on any atom is -0.312 e. The summed E-state index contributed by atoms with van der Waals surface area (Å²) in [4.78, 5) is 1.63. The van der Waals surface area contributed by atoms with Gasteiger partial charge in [-0.3, -0.25) is 0 Å². The van der Waals surface area contributed by atoms with Crippen molar-refractivity contribution >= 4 is 33.1 Å². The van der Waals surface area contributed by atoms with Gasteiger partial charge in [-0.15, -0.1) is 11.3 Å². The molecule has 10 heteroatoms. The molecule has 1 rings (SSSR count). The van der Waals surface area contributed by atoms with Crippen LogP contribution in [0.2, 0.25) is 0 Å². The molecule has 0 bridgehead atoms. The molecule has 1 aromatic rings. The van der Waals surface area contributed by atoms with E-state index in [1.165, 1.54) is 11.3 Å². The van der Waals surface area contributed by atoms with Gasteiger partial charge in [-0.05, 0) is 31.3 Å². The summed E-state index contributed by atoms with van der Waals surface area (Å²) in [5.41, 5.74) is -4.34. The number of thioether (sulfide) groups is 1. The highest BCUT2D eigenvalue weighted by molar-refractivity contribution is 8.00. The zero-order chi connectivity index (χ0) is 16.1. The molecule has 4 nitrogen and oxygen atoms in total. The predicted octanol–water partition coefficient (Wildman–Crippen LogP) is 2.70. The Balaban J connectivity index is 2.63. The molecule has 0 aromatic carbocycles. The van der Waals surface area contributed by atoms with Crippen molar-refractivity contribution in [1.29, 1.82) is 0 Å². The lowest BCUT2D eigenvalue weighted by Crippen LogP contribution is -2.27. The van der Waals surface area contributed by atoms with Crippen molar-refractivity contribution in [3.63, 3.8) is 0 Å². The molecule has 0 atom stereocenters. The Kier molecular flexibility index (Phi) is 6.98. The van der Waals surface area contributed by atoms with Crippen LogP contribution in [-0.2, 0) is 16.6 Å². The molecule has 21 heavy (non-hydrogen) atoms. The first-order chi connectivity index (χ1) is 9.65. The van der Waals surface area contributed by atoms with E-state index in [0.29, 0.717) is 11.4 Å². The molecule has 0 aliphatic heterocycles. The standard InChI is InChI=1S/C11H17F3N2O2S3/c1-3-15-7-9-6-10(8(2)20-9)21(17,18)16-4-5-19-11(12,13)14/h6,15-16H,3-5,7H2,1-2H3. The number of rotatable bonds is 8. The summed E-state index contributed by atoms with van der Waals surface area (Å²) in [5.74, 6) is -0.351. The van der Waals surface area contributed by atoms with Crippen LogP contribution in [0.5, 0.6) is 0 Å². The third kappa shape index (κ3) is 6.55. The Bertz CT molecular complexity index is 556. The molecule has 0 spiro atoms. The Morgan fingerprint density at radius 3 is 2.62 bits per heavy atom. The van der Waals surface area contributed by atoms with Gasteiger partial charge in [0.1, 0.15) is 0 Å².